The lowest BCUT2D eigenvalue weighted by molar-refractivity contribution is -0.133. The molecule has 5 nitrogen and oxygen atoms in total. The summed E-state index contributed by atoms with van der Waals surface area (Å²) >= 11 is 1.50. The summed E-state index contributed by atoms with van der Waals surface area (Å²) in [5.41, 5.74) is 4.60. The second-order valence-corrected chi connectivity index (χ2v) is 7.17. The van der Waals surface area contributed by atoms with E-state index in [1.807, 2.05) is 74.4 Å². The molecule has 6 heteroatoms. The summed E-state index contributed by atoms with van der Waals surface area (Å²) in [6.45, 7) is 2.17. The molecule has 0 saturated heterocycles. The van der Waals surface area contributed by atoms with E-state index in [0.29, 0.717) is 6.61 Å². The van der Waals surface area contributed by atoms with Crippen LogP contribution in [0, 0.1) is 0 Å². The maximum atomic E-state index is 12.1. The van der Waals surface area contributed by atoms with Crippen LogP contribution in [0.25, 0.3) is 0 Å². The van der Waals surface area contributed by atoms with E-state index in [2.05, 4.69) is 5.48 Å². The van der Waals surface area contributed by atoms with Gasteiger partial charge in [-0.2, -0.15) is 0 Å². The number of nitrogens with zero attached hydrogens (tertiary/aromatic N) is 1. The van der Waals surface area contributed by atoms with Crippen LogP contribution >= 0.6 is 11.8 Å². The fourth-order valence-corrected chi connectivity index (χ4v) is 2.93. The van der Waals surface area contributed by atoms with E-state index < -0.39 is 0 Å². The number of carbonyl (C=O) groups excluding carboxylic acids is 1. The molecule has 0 heterocycles. The minimum absolute atomic E-state index is 0.157. The molecule has 1 amide bonds. The lowest BCUT2D eigenvalue weighted by atomic mass is 10.2. The van der Waals surface area contributed by atoms with Crippen LogP contribution in [0.5, 0.6) is 5.75 Å². The van der Waals surface area contributed by atoms with Crippen LogP contribution in [0.2, 0.25) is 0 Å². The number of benzene rings is 2. The first-order valence-corrected chi connectivity index (χ1v) is 8.86. The van der Waals surface area contributed by atoms with Gasteiger partial charge in [0.25, 0.3) is 5.91 Å². The van der Waals surface area contributed by atoms with Gasteiger partial charge in [-0.15, -0.1) is 11.8 Å². The Kier molecular flexibility index (Phi) is 7.16. The number of anilines is 1. The average molecular weight is 360 g/mol. The van der Waals surface area contributed by atoms with Crippen molar-refractivity contribution in [1.82, 2.24) is 5.48 Å². The van der Waals surface area contributed by atoms with Crippen LogP contribution in [0.1, 0.15) is 12.5 Å². The van der Waals surface area contributed by atoms with Crippen molar-refractivity contribution in [3.8, 4) is 5.75 Å². The van der Waals surface area contributed by atoms with E-state index in [1.165, 1.54) is 11.8 Å². The Balaban J connectivity index is 1.77. The van der Waals surface area contributed by atoms with Crippen LogP contribution in [0.3, 0.4) is 0 Å². The molecule has 0 aromatic heterocycles. The molecule has 2 rings (SSSR count). The number of hydrogen-bond donors (Lipinski definition) is 1. The number of thioether (sulfide) groups is 1. The number of hydroxylamine groups is 1. The fraction of sp³-hybridized carbons (Fsp3) is 0.316. The molecule has 0 fully saturated rings. The summed E-state index contributed by atoms with van der Waals surface area (Å²) in [4.78, 5) is 20.5. The SMILES string of the molecule is COc1ccc(CONC(=O)C(C)Sc2ccc(N(C)C)cc2)cc1. The Hall–Kier alpha value is -2.18. The van der Waals surface area contributed by atoms with Crippen molar-refractivity contribution >= 4 is 23.4 Å². The van der Waals surface area contributed by atoms with Crippen molar-refractivity contribution in [2.24, 2.45) is 0 Å². The molecule has 0 radical (unpaired) electrons. The standard InChI is InChI=1S/C19H24N2O3S/c1-14(25-18-11-7-16(8-12-18)21(2)3)19(22)20-24-13-15-5-9-17(23-4)10-6-15/h5-12,14H,13H2,1-4H3,(H,20,22). The number of ether oxygens (including phenoxy) is 1. The molecule has 0 aliphatic rings. The summed E-state index contributed by atoms with van der Waals surface area (Å²) in [5.74, 6) is 0.633. The van der Waals surface area contributed by atoms with Crippen LogP contribution in [-0.4, -0.2) is 32.4 Å². The Morgan fingerprint density at radius 2 is 1.76 bits per heavy atom. The second kappa shape index (κ2) is 9.34. The van der Waals surface area contributed by atoms with Gasteiger partial charge in [0, 0.05) is 24.7 Å². The normalized spacial score (nSPS) is 11.7. The summed E-state index contributed by atoms with van der Waals surface area (Å²) in [7, 11) is 5.62. The highest BCUT2D eigenvalue weighted by Crippen LogP contribution is 2.25. The number of hydrogen-bond acceptors (Lipinski definition) is 5. The molecule has 134 valence electrons. The second-order valence-electron chi connectivity index (χ2n) is 5.75. The topological polar surface area (TPSA) is 50.8 Å². The third-order valence-corrected chi connectivity index (χ3v) is 4.72. The third kappa shape index (κ3) is 5.99. The zero-order valence-corrected chi connectivity index (χ0v) is 15.8. The highest BCUT2D eigenvalue weighted by molar-refractivity contribution is 8.00. The predicted molar refractivity (Wildman–Crippen MR) is 102 cm³/mol. The van der Waals surface area contributed by atoms with E-state index in [9.17, 15) is 4.79 Å². The molecule has 0 spiro atoms. The number of amides is 1. The van der Waals surface area contributed by atoms with Crippen LogP contribution in [0.4, 0.5) is 5.69 Å². The Morgan fingerprint density at radius 1 is 1.12 bits per heavy atom. The monoisotopic (exact) mass is 360 g/mol. The van der Waals surface area contributed by atoms with E-state index in [1.54, 1.807) is 7.11 Å². The van der Waals surface area contributed by atoms with Crippen molar-refractivity contribution in [1.29, 1.82) is 0 Å². The highest BCUT2D eigenvalue weighted by Gasteiger charge is 2.14. The first-order chi connectivity index (χ1) is 12.0. The minimum atomic E-state index is -0.249. The number of nitrogens with one attached hydrogen (secondary N) is 1. The summed E-state index contributed by atoms with van der Waals surface area (Å²) < 4.78 is 5.10. The van der Waals surface area contributed by atoms with Gasteiger partial charge < -0.3 is 9.64 Å². The lowest BCUT2D eigenvalue weighted by Crippen LogP contribution is -2.30. The quantitative estimate of drug-likeness (QED) is 0.577. The van der Waals surface area contributed by atoms with Crippen LogP contribution in [0.15, 0.2) is 53.4 Å². The van der Waals surface area contributed by atoms with Gasteiger partial charge in [0.1, 0.15) is 5.75 Å². The predicted octanol–water partition coefficient (Wildman–Crippen LogP) is 3.49. The van der Waals surface area contributed by atoms with Gasteiger partial charge in [-0.3, -0.25) is 9.63 Å². The van der Waals surface area contributed by atoms with Crippen molar-refractivity contribution in [2.45, 2.75) is 23.7 Å². The molecule has 1 unspecified atom stereocenters. The molecule has 0 saturated carbocycles. The molecular formula is C19H24N2O3S. The van der Waals surface area contributed by atoms with Crippen LogP contribution < -0.4 is 15.1 Å². The third-order valence-electron chi connectivity index (χ3n) is 3.61. The molecule has 25 heavy (non-hydrogen) atoms. The average Bonchev–Trinajstić information content (AvgIpc) is 2.62. The molecule has 2 aromatic rings. The number of rotatable bonds is 8. The molecule has 0 aliphatic heterocycles. The summed E-state index contributed by atoms with van der Waals surface area (Å²) in [6, 6.07) is 15.6. The van der Waals surface area contributed by atoms with Crippen LogP contribution in [-0.2, 0) is 16.2 Å². The Bertz CT molecular complexity index is 672. The first kappa shape index (κ1) is 19.1. The maximum Gasteiger partial charge on any atom is 0.256 e. The van der Waals surface area contributed by atoms with Gasteiger partial charge in [-0.1, -0.05) is 12.1 Å². The smallest absolute Gasteiger partial charge is 0.256 e. The molecule has 1 atom stereocenters. The van der Waals surface area contributed by atoms with Crippen molar-refractivity contribution in [3.63, 3.8) is 0 Å². The first-order valence-electron chi connectivity index (χ1n) is 7.98. The van der Waals surface area contributed by atoms with E-state index in [4.69, 9.17) is 9.57 Å². The van der Waals surface area contributed by atoms with E-state index in [-0.39, 0.29) is 11.2 Å². The molecule has 0 bridgehead atoms. The molecule has 0 aliphatic carbocycles. The van der Waals surface area contributed by atoms with Gasteiger partial charge in [0.15, 0.2) is 0 Å². The Labute approximate surface area is 153 Å². The lowest BCUT2D eigenvalue weighted by Gasteiger charge is -2.14. The largest absolute Gasteiger partial charge is 0.497 e. The molecule has 1 N–H and O–H groups in total. The van der Waals surface area contributed by atoms with E-state index in [0.717, 1.165) is 21.9 Å². The zero-order chi connectivity index (χ0) is 18.2. The molecule has 2 aromatic carbocycles. The number of carbonyl (C=O) groups is 1. The summed E-state index contributed by atoms with van der Waals surface area (Å²) in [5, 5.41) is -0.249. The van der Waals surface area contributed by atoms with Crippen molar-refractivity contribution < 1.29 is 14.4 Å². The van der Waals surface area contributed by atoms with Crippen molar-refractivity contribution in [3.05, 3.63) is 54.1 Å². The molecular weight excluding hydrogens is 336 g/mol. The zero-order valence-electron chi connectivity index (χ0n) is 15.0. The summed E-state index contributed by atoms with van der Waals surface area (Å²) in [6.07, 6.45) is 0. The minimum Gasteiger partial charge on any atom is -0.497 e. The van der Waals surface area contributed by atoms with Gasteiger partial charge in [-0.25, -0.2) is 5.48 Å². The van der Waals surface area contributed by atoms with Crippen molar-refractivity contribution in [2.75, 3.05) is 26.1 Å². The number of methoxy groups -OCH3 is 1. The Morgan fingerprint density at radius 3 is 2.32 bits per heavy atom. The van der Waals surface area contributed by atoms with Gasteiger partial charge in [-0.05, 0) is 48.9 Å². The fourth-order valence-electron chi connectivity index (χ4n) is 2.08. The van der Waals surface area contributed by atoms with E-state index >= 15 is 0 Å². The van der Waals surface area contributed by atoms with Gasteiger partial charge in [0.2, 0.25) is 0 Å². The maximum absolute atomic E-state index is 12.1. The van der Waals surface area contributed by atoms with Gasteiger partial charge in [0.05, 0.1) is 19.0 Å². The highest BCUT2D eigenvalue weighted by atomic mass is 32.2. The van der Waals surface area contributed by atoms with Gasteiger partial charge >= 0.3 is 0 Å².